The number of nitrogens with zero attached hydrogens (tertiary/aromatic N) is 2. The van der Waals surface area contributed by atoms with Crippen molar-refractivity contribution in [1.82, 2.24) is 9.55 Å². The predicted octanol–water partition coefficient (Wildman–Crippen LogP) is 1.35. The van der Waals surface area contributed by atoms with Crippen LogP contribution in [-0.2, 0) is 13.0 Å². The van der Waals surface area contributed by atoms with Crippen molar-refractivity contribution in [3.63, 3.8) is 0 Å². The summed E-state index contributed by atoms with van der Waals surface area (Å²) < 4.78 is 1.51. The van der Waals surface area contributed by atoms with Crippen LogP contribution in [0.25, 0.3) is 10.2 Å². The Balaban J connectivity index is 2.42. The molecule has 0 saturated carbocycles. The number of hydrogen-bond donors (Lipinski definition) is 2. The fourth-order valence-electron chi connectivity index (χ4n) is 1.58. The van der Waals surface area contributed by atoms with Crippen molar-refractivity contribution in [3.05, 3.63) is 27.6 Å². The lowest BCUT2D eigenvalue weighted by molar-refractivity contribution is 0.684. The first-order valence-electron chi connectivity index (χ1n) is 5.42. The number of hydrogen-bond acceptors (Lipinski definition) is 4. The number of aryl methyl sites for hydroxylation is 2. The van der Waals surface area contributed by atoms with Crippen molar-refractivity contribution in [2.45, 2.75) is 26.3 Å². The second-order valence-corrected chi connectivity index (χ2v) is 4.92. The summed E-state index contributed by atoms with van der Waals surface area (Å²) in [5.74, 6) is 0.0802. The SMILES string of the molecule is CCc1cc2c(=O)n(CCC(=N)N)cnc2s1. The molecule has 0 aliphatic rings. The number of aromatic nitrogens is 2. The van der Waals surface area contributed by atoms with E-state index in [1.807, 2.05) is 6.07 Å². The molecule has 6 heteroatoms. The van der Waals surface area contributed by atoms with Crippen LogP contribution in [0.5, 0.6) is 0 Å². The van der Waals surface area contributed by atoms with Gasteiger partial charge in [0.1, 0.15) is 4.83 Å². The number of amidine groups is 1. The van der Waals surface area contributed by atoms with Gasteiger partial charge in [-0.3, -0.25) is 14.8 Å². The molecule has 2 rings (SSSR count). The maximum absolute atomic E-state index is 12.1. The molecule has 0 bridgehead atoms. The summed E-state index contributed by atoms with van der Waals surface area (Å²) in [6.07, 6.45) is 2.81. The zero-order valence-electron chi connectivity index (χ0n) is 9.56. The first-order chi connectivity index (χ1) is 8.11. The molecule has 0 saturated heterocycles. The van der Waals surface area contributed by atoms with E-state index in [0.717, 1.165) is 16.1 Å². The van der Waals surface area contributed by atoms with Gasteiger partial charge in [-0.25, -0.2) is 4.98 Å². The van der Waals surface area contributed by atoms with Gasteiger partial charge in [-0.2, -0.15) is 0 Å². The van der Waals surface area contributed by atoms with Crippen molar-refractivity contribution >= 4 is 27.4 Å². The lowest BCUT2D eigenvalue weighted by Gasteiger charge is -2.03. The summed E-state index contributed by atoms with van der Waals surface area (Å²) >= 11 is 1.55. The van der Waals surface area contributed by atoms with Crippen LogP contribution in [0.1, 0.15) is 18.2 Å². The Hall–Kier alpha value is -1.69. The van der Waals surface area contributed by atoms with E-state index in [0.29, 0.717) is 18.4 Å². The Morgan fingerprint density at radius 1 is 1.65 bits per heavy atom. The third-order valence-electron chi connectivity index (χ3n) is 2.54. The summed E-state index contributed by atoms with van der Waals surface area (Å²) in [5.41, 5.74) is 5.23. The lowest BCUT2D eigenvalue weighted by Crippen LogP contribution is -2.23. The average Bonchev–Trinajstić information content (AvgIpc) is 2.72. The highest BCUT2D eigenvalue weighted by Gasteiger charge is 2.08. The summed E-state index contributed by atoms with van der Waals surface area (Å²) in [5, 5.41) is 7.82. The van der Waals surface area contributed by atoms with E-state index in [2.05, 4.69) is 11.9 Å². The van der Waals surface area contributed by atoms with Crippen molar-refractivity contribution in [1.29, 1.82) is 5.41 Å². The predicted molar refractivity (Wildman–Crippen MR) is 69.8 cm³/mol. The van der Waals surface area contributed by atoms with Crippen LogP contribution in [-0.4, -0.2) is 15.4 Å². The second-order valence-electron chi connectivity index (χ2n) is 3.80. The molecule has 0 spiro atoms. The Bertz CT molecular complexity index is 613. The van der Waals surface area contributed by atoms with Crippen molar-refractivity contribution in [3.8, 4) is 0 Å². The molecule has 2 aromatic heterocycles. The maximum atomic E-state index is 12.1. The van der Waals surface area contributed by atoms with Gasteiger partial charge in [0.2, 0.25) is 0 Å². The van der Waals surface area contributed by atoms with E-state index in [9.17, 15) is 4.79 Å². The van der Waals surface area contributed by atoms with Crippen LogP contribution in [0.2, 0.25) is 0 Å². The van der Waals surface area contributed by atoms with Gasteiger partial charge in [0, 0.05) is 17.8 Å². The Kier molecular flexibility index (Phi) is 3.23. The van der Waals surface area contributed by atoms with E-state index >= 15 is 0 Å². The van der Waals surface area contributed by atoms with Gasteiger partial charge in [0.15, 0.2) is 0 Å². The van der Waals surface area contributed by atoms with Crippen LogP contribution in [0.3, 0.4) is 0 Å². The Morgan fingerprint density at radius 3 is 3.06 bits per heavy atom. The Morgan fingerprint density at radius 2 is 2.41 bits per heavy atom. The zero-order valence-corrected chi connectivity index (χ0v) is 10.4. The molecule has 2 aromatic rings. The highest BCUT2D eigenvalue weighted by atomic mass is 32.1. The molecule has 90 valence electrons. The van der Waals surface area contributed by atoms with E-state index < -0.39 is 0 Å². The normalized spacial score (nSPS) is 10.9. The minimum absolute atomic E-state index is 0.0489. The maximum Gasteiger partial charge on any atom is 0.262 e. The molecular formula is C11H14N4OS. The van der Waals surface area contributed by atoms with E-state index in [-0.39, 0.29) is 11.4 Å². The van der Waals surface area contributed by atoms with Crippen LogP contribution >= 0.6 is 11.3 Å². The molecule has 3 N–H and O–H groups in total. The van der Waals surface area contributed by atoms with Crippen molar-refractivity contribution < 1.29 is 0 Å². The largest absolute Gasteiger partial charge is 0.388 e. The molecule has 0 aromatic carbocycles. The molecule has 0 unspecified atom stereocenters. The van der Waals surface area contributed by atoms with Gasteiger partial charge in [-0.15, -0.1) is 11.3 Å². The van der Waals surface area contributed by atoms with Gasteiger partial charge in [0.05, 0.1) is 17.5 Å². The quantitative estimate of drug-likeness (QED) is 0.634. The number of nitrogens with one attached hydrogen (secondary N) is 1. The van der Waals surface area contributed by atoms with Crippen LogP contribution in [0, 0.1) is 5.41 Å². The minimum Gasteiger partial charge on any atom is -0.388 e. The molecule has 0 aliphatic carbocycles. The third-order valence-corrected chi connectivity index (χ3v) is 3.73. The zero-order chi connectivity index (χ0) is 12.4. The summed E-state index contributed by atoms with van der Waals surface area (Å²) in [6, 6.07) is 1.90. The fraction of sp³-hybridized carbons (Fsp3) is 0.364. The molecule has 17 heavy (non-hydrogen) atoms. The van der Waals surface area contributed by atoms with Gasteiger partial charge in [-0.05, 0) is 12.5 Å². The highest BCUT2D eigenvalue weighted by molar-refractivity contribution is 7.18. The second kappa shape index (κ2) is 4.67. The number of fused-ring (bicyclic) bond motifs is 1. The van der Waals surface area contributed by atoms with Gasteiger partial charge in [-0.1, -0.05) is 6.92 Å². The number of rotatable bonds is 4. The summed E-state index contributed by atoms with van der Waals surface area (Å²) in [4.78, 5) is 18.3. The minimum atomic E-state index is -0.0489. The van der Waals surface area contributed by atoms with Crippen LogP contribution in [0.4, 0.5) is 0 Å². The molecular weight excluding hydrogens is 236 g/mol. The third kappa shape index (κ3) is 2.36. The Labute approximate surface area is 102 Å². The lowest BCUT2D eigenvalue weighted by atomic mass is 10.3. The van der Waals surface area contributed by atoms with Crippen molar-refractivity contribution in [2.75, 3.05) is 0 Å². The topological polar surface area (TPSA) is 84.8 Å². The molecule has 0 radical (unpaired) electrons. The monoisotopic (exact) mass is 250 g/mol. The van der Waals surface area contributed by atoms with Gasteiger partial charge >= 0.3 is 0 Å². The smallest absolute Gasteiger partial charge is 0.262 e. The first kappa shape index (κ1) is 11.8. The van der Waals surface area contributed by atoms with E-state index in [4.69, 9.17) is 11.1 Å². The van der Waals surface area contributed by atoms with E-state index in [1.165, 1.54) is 10.9 Å². The van der Waals surface area contributed by atoms with E-state index in [1.54, 1.807) is 11.3 Å². The standard InChI is InChI=1S/C11H14N4OS/c1-2-7-5-8-10(17-7)14-6-15(11(8)16)4-3-9(12)13/h5-6H,2-4H2,1H3,(H3,12,13). The molecule has 0 atom stereocenters. The van der Waals surface area contributed by atoms with Gasteiger partial charge < -0.3 is 5.73 Å². The number of nitrogens with two attached hydrogens (primary N) is 1. The molecule has 0 amide bonds. The van der Waals surface area contributed by atoms with Gasteiger partial charge in [0.25, 0.3) is 5.56 Å². The molecule has 0 aliphatic heterocycles. The molecule has 0 fully saturated rings. The van der Waals surface area contributed by atoms with Crippen LogP contribution < -0.4 is 11.3 Å². The van der Waals surface area contributed by atoms with Crippen LogP contribution in [0.15, 0.2) is 17.2 Å². The fourth-order valence-corrected chi connectivity index (χ4v) is 2.51. The molecule has 2 heterocycles. The molecule has 5 nitrogen and oxygen atoms in total. The van der Waals surface area contributed by atoms with Crippen molar-refractivity contribution in [2.24, 2.45) is 5.73 Å². The average molecular weight is 250 g/mol. The summed E-state index contributed by atoms with van der Waals surface area (Å²) in [7, 11) is 0. The first-order valence-corrected chi connectivity index (χ1v) is 6.24. The highest BCUT2D eigenvalue weighted by Crippen LogP contribution is 2.20. The number of thiophene rings is 1. The summed E-state index contributed by atoms with van der Waals surface area (Å²) in [6.45, 7) is 2.47.